The Morgan fingerprint density at radius 1 is 0.889 bits per heavy atom. The Kier molecular flexibility index (Phi) is 5.82. The Labute approximate surface area is 205 Å². The van der Waals surface area contributed by atoms with Gasteiger partial charge in [0.2, 0.25) is 0 Å². The van der Waals surface area contributed by atoms with Gasteiger partial charge in [0, 0.05) is 11.3 Å². The highest BCUT2D eigenvalue weighted by atomic mass is 19.4. The van der Waals surface area contributed by atoms with Crippen molar-refractivity contribution in [2.45, 2.75) is 37.9 Å². The number of ketones is 1. The van der Waals surface area contributed by atoms with Gasteiger partial charge in [-0.15, -0.1) is 0 Å². The molecule has 3 aromatic carbocycles. The van der Waals surface area contributed by atoms with Gasteiger partial charge in [-0.25, -0.2) is 0 Å². The summed E-state index contributed by atoms with van der Waals surface area (Å²) < 4.78 is 39.3. The number of fused-ring (bicyclic) bond motifs is 1. The Morgan fingerprint density at radius 3 is 2.25 bits per heavy atom. The van der Waals surface area contributed by atoms with Crippen LogP contribution < -0.4 is 4.90 Å². The minimum Gasteiger partial charge on any atom is -0.508 e. The number of carbonyl (C=O) groups is 2. The summed E-state index contributed by atoms with van der Waals surface area (Å²) in [7, 11) is 0. The largest absolute Gasteiger partial charge is 0.508 e. The number of rotatable bonds is 3. The Balaban J connectivity index is 1.67. The van der Waals surface area contributed by atoms with Gasteiger partial charge in [-0.3, -0.25) is 14.5 Å². The van der Waals surface area contributed by atoms with E-state index in [1.165, 1.54) is 23.8 Å². The molecule has 8 heteroatoms. The quantitative estimate of drug-likeness (QED) is 0.270. The van der Waals surface area contributed by atoms with Gasteiger partial charge in [0.15, 0.2) is 0 Å². The highest BCUT2D eigenvalue weighted by molar-refractivity contribution is 6.51. The lowest BCUT2D eigenvalue weighted by Crippen LogP contribution is -2.29. The van der Waals surface area contributed by atoms with Crippen LogP contribution in [0.1, 0.15) is 46.7 Å². The molecule has 2 N–H and O–H groups in total. The van der Waals surface area contributed by atoms with E-state index in [4.69, 9.17) is 0 Å². The third-order valence-corrected chi connectivity index (χ3v) is 6.73. The van der Waals surface area contributed by atoms with Crippen LogP contribution in [0.4, 0.5) is 18.9 Å². The molecule has 184 valence electrons. The van der Waals surface area contributed by atoms with Crippen LogP contribution in [0.15, 0.2) is 72.3 Å². The van der Waals surface area contributed by atoms with Crippen molar-refractivity contribution in [3.63, 3.8) is 0 Å². The van der Waals surface area contributed by atoms with Crippen molar-refractivity contribution in [3.8, 4) is 5.75 Å². The summed E-state index contributed by atoms with van der Waals surface area (Å²) in [6.45, 7) is 0. The van der Waals surface area contributed by atoms with Crippen molar-refractivity contribution in [1.82, 2.24) is 0 Å². The molecular formula is C28H22F3NO4. The average Bonchev–Trinajstić information content (AvgIpc) is 3.13. The van der Waals surface area contributed by atoms with E-state index in [2.05, 4.69) is 0 Å². The number of amides is 1. The predicted molar refractivity (Wildman–Crippen MR) is 127 cm³/mol. The molecule has 0 radical (unpaired) electrons. The van der Waals surface area contributed by atoms with Gasteiger partial charge in [0.25, 0.3) is 11.7 Å². The number of Topliss-reactive ketones (excluding diaryl/α,β-unsaturated/α-hetero) is 1. The highest BCUT2D eigenvalue weighted by Gasteiger charge is 2.47. The standard InChI is InChI=1S/C28H22F3NO4/c29-28(30,31)20-10-12-21(13-11-20)32-24(18-6-3-7-22(33)15-18)23(26(35)27(32)36)25(34)19-9-8-16-4-1-2-5-17(16)14-19/h3,6-15,24,33-34H,1-2,4-5H2/b25-23-. The zero-order valence-corrected chi connectivity index (χ0v) is 19.0. The van der Waals surface area contributed by atoms with E-state index < -0.39 is 29.5 Å². The molecule has 1 heterocycles. The monoisotopic (exact) mass is 493 g/mol. The summed E-state index contributed by atoms with van der Waals surface area (Å²) in [4.78, 5) is 27.5. The maximum Gasteiger partial charge on any atom is 0.416 e. The van der Waals surface area contributed by atoms with Gasteiger partial charge in [0.1, 0.15) is 11.5 Å². The summed E-state index contributed by atoms with van der Waals surface area (Å²) >= 11 is 0. The van der Waals surface area contributed by atoms with E-state index >= 15 is 0 Å². The second kappa shape index (κ2) is 8.86. The number of aryl methyl sites for hydroxylation is 2. The van der Waals surface area contributed by atoms with E-state index in [0.29, 0.717) is 11.1 Å². The first-order valence-electron chi connectivity index (χ1n) is 11.5. The number of carbonyl (C=O) groups excluding carboxylic acids is 2. The smallest absolute Gasteiger partial charge is 0.416 e. The van der Waals surface area contributed by atoms with Crippen LogP contribution in [0, 0.1) is 0 Å². The number of phenolic OH excluding ortho intramolecular Hbond substituents is 1. The molecule has 1 amide bonds. The number of halogens is 3. The molecule has 0 aromatic heterocycles. The van der Waals surface area contributed by atoms with E-state index in [0.717, 1.165) is 60.4 Å². The third kappa shape index (κ3) is 4.12. The molecule has 1 fully saturated rings. The topological polar surface area (TPSA) is 77.8 Å². The first-order valence-corrected chi connectivity index (χ1v) is 11.5. The zero-order chi connectivity index (χ0) is 25.6. The molecule has 0 bridgehead atoms. The summed E-state index contributed by atoms with van der Waals surface area (Å²) in [6, 6.07) is 14.0. The summed E-state index contributed by atoms with van der Waals surface area (Å²) in [5, 5.41) is 21.4. The van der Waals surface area contributed by atoms with Crippen molar-refractivity contribution in [3.05, 3.63) is 100 Å². The number of aliphatic hydroxyl groups excluding tert-OH is 1. The van der Waals surface area contributed by atoms with Gasteiger partial charge >= 0.3 is 6.18 Å². The van der Waals surface area contributed by atoms with Crippen LogP contribution in [0.5, 0.6) is 5.75 Å². The zero-order valence-electron chi connectivity index (χ0n) is 19.0. The number of nitrogens with zero attached hydrogens (tertiary/aromatic N) is 1. The molecule has 1 aliphatic heterocycles. The molecule has 1 unspecified atom stereocenters. The molecule has 1 atom stereocenters. The molecule has 1 saturated heterocycles. The number of aromatic hydroxyl groups is 1. The Morgan fingerprint density at radius 2 is 1.58 bits per heavy atom. The number of anilines is 1. The van der Waals surface area contributed by atoms with Gasteiger partial charge in [0.05, 0.1) is 17.2 Å². The number of hydrogen-bond donors (Lipinski definition) is 2. The molecular weight excluding hydrogens is 471 g/mol. The molecule has 5 rings (SSSR count). The van der Waals surface area contributed by atoms with Gasteiger partial charge in [-0.2, -0.15) is 13.2 Å². The maximum absolute atomic E-state index is 13.2. The van der Waals surface area contributed by atoms with Crippen LogP contribution >= 0.6 is 0 Å². The number of hydrogen-bond acceptors (Lipinski definition) is 4. The Bertz CT molecular complexity index is 1390. The van der Waals surface area contributed by atoms with Crippen LogP contribution in [0.25, 0.3) is 5.76 Å². The Hall–Kier alpha value is -4.07. The second-order valence-electron chi connectivity index (χ2n) is 9.00. The van der Waals surface area contributed by atoms with Crippen molar-refractivity contribution in [2.24, 2.45) is 0 Å². The van der Waals surface area contributed by atoms with Gasteiger partial charge in [-0.1, -0.05) is 24.3 Å². The predicted octanol–water partition coefficient (Wildman–Crippen LogP) is 5.92. The summed E-state index contributed by atoms with van der Waals surface area (Å²) in [5.74, 6) is -2.44. The highest BCUT2D eigenvalue weighted by Crippen LogP contribution is 2.43. The van der Waals surface area contributed by atoms with E-state index in [9.17, 15) is 33.0 Å². The molecule has 36 heavy (non-hydrogen) atoms. The molecule has 0 saturated carbocycles. The van der Waals surface area contributed by atoms with Gasteiger partial charge < -0.3 is 10.2 Å². The molecule has 3 aromatic rings. The summed E-state index contributed by atoms with van der Waals surface area (Å²) in [6.07, 6.45) is -0.707. The van der Waals surface area contributed by atoms with Crippen molar-refractivity contribution >= 4 is 23.1 Å². The molecule has 5 nitrogen and oxygen atoms in total. The lowest BCUT2D eigenvalue weighted by Gasteiger charge is -2.26. The van der Waals surface area contributed by atoms with Crippen LogP contribution in [-0.4, -0.2) is 21.9 Å². The van der Waals surface area contributed by atoms with Crippen molar-refractivity contribution in [1.29, 1.82) is 0 Å². The fraction of sp³-hybridized carbons (Fsp3) is 0.214. The number of phenols is 1. The van der Waals surface area contributed by atoms with E-state index in [1.54, 1.807) is 12.1 Å². The number of alkyl halides is 3. The molecule has 2 aliphatic rings. The van der Waals surface area contributed by atoms with Gasteiger partial charge in [-0.05, 0) is 84.8 Å². The normalized spacial score (nSPS) is 19.4. The van der Waals surface area contributed by atoms with Crippen molar-refractivity contribution < 1.29 is 33.0 Å². The van der Waals surface area contributed by atoms with E-state index in [-0.39, 0.29) is 22.8 Å². The summed E-state index contributed by atoms with van der Waals surface area (Å²) in [5.41, 5.74) is 1.92. The van der Waals surface area contributed by atoms with E-state index in [1.807, 2.05) is 12.1 Å². The minimum absolute atomic E-state index is 0.0583. The third-order valence-electron chi connectivity index (χ3n) is 6.73. The first kappa shape index (κ1) is 23.7. The molecule has 0 spiro atoms. The minimum atomic E-state index is -4.57. The average molecular weight is 493 g/mol. The fourth-order valence-electron chi connectivity index (χ4n) is 4.96. The first-order chi connectivity index (χ1) is 17.1. The lowest BCUT2D eigenvalue weighted by molar-refractivity contribution is -0.137. The van der Waals surface area contributed by atoms with Crippen LogP contribution in [0.2, 0.25) is 0 Å². The maximum atomic E-state index is 13.2. The second-order valence-corrected chi connectivity index (χ2v) is 9.00. The fourth-order valence-corrected chi connectivity index (χ4v) is 4.96. The van der Waals surface area contributed by atoms with Crippen LogP contribution in [0.3, 0.4) is 0 Å². The SMILES string of the molecule is O=C1C(=O)N(c2ccc(C(F)(F)F)cc2)C(c2cccc(O)c2)/C1=C(/O)c1ccc2c(c1)CCCC2. The number of benzene rings is 3. The lowest BCUT2D eigenvalue weighted by atomic mass is 9.88. The van der Waals surface area contributed by atoms with Crippen LogP contribution in [-0.2, 0) is 28.6 Å². The van der Waals surface area contributed by atoms with Crippen molar-refractivity contribution in [2.75, 3.05) is 4.90 Å². The number of aliphatic hydroxyl groups is 1. The molecule has 1 aliphatic carbocycles.